The van der Waals surface area contributed by atoms with Crippen molar-refractivity contribution >= 4 is 11.7 Å². The summed E-state index contributed by atoms with van der Waals surface area (Å²) >= 11 is 0. The van der Waals surface area contributed by atoms with E-state index in [0.717, 1.165) is 22.4 Å². The van der Waals surface area contributed by atoms with Gasteiger partial charge in [0.05, 0.1) is 11.9 Å². The SMILES string of the molecule is Cc1ccc(C(=O)CCC(=O)NCc2cnn(-c3ccccc3)c2)cc1C. The topological polar surface area (TPSA) is 64.0 Å². The van der Waals surface area contributed by atoms with Crippen LogP contribution in [0.4, 0.5) is 0 Å². The fraction of sp³-hybridized carbons (Fsp3) is 0.227. The zero-order valence-corrected chi connectivity index (χ0v) is 15.6. The Kier molecular flexibility index (Phi) is 5.81. The molecule has 1 amide bonds. The Morgan fingerprint density at radius 1 is 1.00 bits per heavy atom. The van der Waals surface area contributed by atoms with Gasteiger partial charge in [-0.05, 0) is 43.2 Å². The molecule has 27 heavy (non-hydrogen) atoms. The fourth-order valence-corrected chi connectivity index (χ4v) is 2.75. The highest BCUT2D eigenvalue weighted by atomic mass is 16.2. The maximum absolute atomic E-state index is 12.3. The lowest BCUT2D eigenvalue weighted by molar-refractivity contribution is -0.121. The summed E-state index contributed by atoms with van der Waals surface area (Å²) in [5, 5.41) is 7.15. The summed E-state index contributed by atoms with van der Waals surface area (Å²) in [5.41, 5.74) is 4.78. The largest absolute Gasteiger partial charge is 0.352 e. The number of nitrogens with one attached hydrogen (secondary N) is 1. The Morgan fingerprint density at radius 3 is 2.52 bits per heavy atom. The van der Waals surface area contributed by atoms with Crippen LogP contribution in [0, 0.1) is 13.8 Å². The number of carbonyl (C=O) groups is 2. The number of aromatic nitrogens is 2. The standard InChI is InChI=1S/C22H23N3O2/c1-16-8-9-19(12-17(16)2)21(26)10-11-22(27)23-13-18-14-24-25(15-18)20-6-4-3-5-7-20/h3-9,12,14-15H,10-11,13H2,1-2H3,(H,23,27). The number of carbonyl (C=O) groups excluding carboxylic acids is 2. The molecule has 0 aliphatic heterocycles. The molecule has 0 spiro atoms. The van der Waals surface area contributed by atoms with Crippen LogP contribution in [0.25, 0.3) is 5.69 Å². The maximum Gasteiger partial charge on any atom is 0.220 e. The molecule has 1 heterocycles. The molecule has 0 atom stereocenters. The molecule has 0 saturated carbocycles. The van der Waals surface area contributed by atoms with E-state index in [9.17, 15) is 9.59 Å². The molecule has 0 fully saturated rings. The summed E-state index contributed by atoms with van der Waals surface area (Å²) in [4.78, 5) is 24.3. The first-order valence-electron chi connectivity index (χ1n) is 8.99. The van der Waals surface area contributed by atoms with Gasteiger partial charge < -0.3 is 5.32 Å². The van der Waals surface area contributed by atoms with Crippen LogP contribution in [0.1, 0.15) is 39.9 Å². The zero-order chi connectivity index (χ0) is 19.2. The van der Waals surface area contributed by atoms with E-state index in [1.54, 1.807) is 10.9 Å². The number of ketones is 1. The Hall–Kier alpha value is -3.21. The first-order valence-corrected chi connectivity index (χ1v) is 8.99. The van der Waals surface area contributed by atoms with Crippen LogP contribution in [0.15, 0.2) is 60.9 Å². The van der Waals surface area contributed by atoms with Crippen molar-refractivity contribution in [3.8, 4) is 5.69 Å². The van der Waals surface area contributed by atoms with Gasteiger partial charge in [-0.1, -0.05) is 30.3 Å². The average molecular weight is 361 g/mol. The summed E-state index contributed by atoms with van der Waals surface area (Å²) in [6, 6.07) is 15.4. The van der Waals surface area contributed by atoms with Crippen LogP contribution in [0.3, 0.4) is 0 Å². The first-order chi connectivity index (χ1) is 13.0. The van der Waals surface area contributed by atoms with Gasteiger partial charge in [0.25, 0.3) is 0 Å². The van der Waals surface area contributed by atoms with E-state index in [0.29, 0.717) is 12.1 Å². The van der Waals surface area contributed by atoms with Crippen molar-refractivity contribution in [2.24, 2.45) is 0 Å². The number of hydrogen-bond acceptors (Lipinski definition) is 3. The number of nitrogens with zero attached hydrogens (tertiary/aromatic N) is 2. The lowest BCUT2D eigenvalue weighted by atomic mass is 10.0. The highest BCUT2D eigenvalue weighted by Crippen LogP contribution is 2.12. The highest BCUT2D eigenvalue weighted by molar-refractivity contribution is 5.98. The van der Waals surface area contributed by atoms with Gasteiger partial charge in [0.15, 0.2) is 5.78 Å². The van der Waals surface area contributed by atoms with Crippen LogP contribution in [0.2, 0.25) is 0 Å². The number of hydrogen-bond donors (Lipinski definition) is 1. The first kappa shape index (κ1) is 18.6. The highest BCUT2D eigenvalue weighted by Gasteiger charge is 2.10. The van der Waals surface area contributed by atoms with Gasteiger partial charge in [-0.25, -0.2) is 4.68 Å². The molecule has 0 aliphatic rings. The van der Waals surface area contributed by atoms with Crippen molar-refractivity contribution in [2.45, 2.75) is 33.2 Å². The van der Waals surface area contributed by atoms with Gasteiger partial charge in [0.1, 0.15) is 0 Å². The molecule has 138 valence electrons. The molecule has 3 aromatic rings. The molecule has 5 heteroatoms. The molecular formula is C22H23N3O2. The Morgan fingerprint density at radius 2 is 1.78 bits per heavy atom. The van der Waals surface area contributed by atoms with E-state index in [2.05, 4.69) is 10.4 Å². The molecule has 3 rings (SSSR count). The molecule has 0 saturated heterocycles. The van der Waals surface area contributed by atoms with Crippen molar-refractivity contribution < 1.29 is 9.59 Å². The van der Waals surface area contributed by atoms with Gasteiger partial charge in [0.2, 0.25) is 5.91 Å². The number of benzene rings is 2. The van der Waals surface area contributed by atoms with E-state index in [-0.39, 0.29) is 24.5 Å². The van der Waals surface area contributed by atoms with E-state index < -0.39 is 0 Å². The number of amides is 1. The normalized spacial score (nSPS) is 10.6. The van der Waals surface area contributed by atoms with Crippen molar-refractivity contribution in [3.63, 3.8) is 0 Å². The van der Waals surface area contributed by atoms with Gasteiger partial charge >= 0.3 is 0 Å². The number of aryl methyl sites for hydroxylation is 2. The fourth-order valence-electron chi connectivity index (χ4n) is 2.75. The maximum atomic E-state index is 12.3. The van der Waals surface area contributed by atoms with Crippen molar-refractivity contribution in [3.05, 3.63) is 83.2 Å². The van der Waals surface area contributed by atoms with Crippen molar-refractivity contribution in [2.75, 3.05) is 0 Å². The third-order valence-corrected chi connectivity index (χ3v) is 4.55. The Balaban J connectivity index is 1.48. The molecule has 0 unspecified atom stereocenters. The van der Waals surface area contributed by atoms with Crippen LogP contribution in [0.5, 0.6) is 0 Å². The lowest BCUT2D eigenvalue weighted by Gasteiger charge is -2.06. The van der Waals surface area contributed by atoms with E-state index in [4.69, 9.17) is 0 Å². The molecule has 0 bridgehead atoms. The van der Waals surface area contributed by atoms with E-state index >= 15 is 0 Å². The molecule has 0 radical (unpaired) electrons. The van der Waals surface area contributed by atoms with E-state index in [1.807, 2.05) is 68.6 Å². The van der Waals surface area contributed by atoms with Crippen LogP contribution in [-0.2, 0) is 11.3 Å². The molecular weight excluding hydrogens is 338 g/mol. The van der Waals surface area contributed by atoms with Gasteiger partial charge in [-0.3, -0.25) is 9.59 Å². The summed E-state index contributed by atoms with van der Waals surface area (Å²) in [6.45, 7) is 4.38. The Labute approximate surface area is 159 Å². The number of rotatable bonds is 7. The van der Waals surface area contributed by atoms with Crippen LogP contribution < -0.4 is 5.32 Å². The molecule has 1 N–H and O–H groups in total. The third-order valence-electron chi connectivity index (χ3n) is 4.55. The summed E-state index contributed by atoms with van der Waals surface area (Å²) in [6.07, 6.45) is 4.00. The second-order valence-electron chi connectivity index (χ2n) is 6.63. The molecule has 5 nitrogen and oxygen atoms in total. The van der Waals surface area contributed by atoms with E-state index in [1.165, 1.54) is 0 Å². The van der Waals surface area contributed by atoms with Gasteiger partial charge in [-0.2, -0.15) is 5.10 Å². The second kappa shape index (κ2) is 8.45. The number of para-hydroxylation sites is 1. The van der Waals surface area contributed by atoms with Gasteiger partial charge in [-0.15, -0.1) is 0 Å². The minimum Gasteiger partial charge on any atom is -0.352 e. The monoisotopic (exact) mass is 361 g/mol. The third kappa shape index (κ3) is 4.91. The Bertz CT molecular complexity index is 945. The minimum atomic E-state index is -0.139. The van der Waals surface area contributed by atoms with Crippen LogP contribution >= 0.6 is 0 Å². The van der Waals surface area contributed by atoms with Crippen molar-refractivity contribution in [1.29, 1.82) is 0 Å². The summed E-state index contributed by atoms with van der Waals surface area (Å²) in [7, 11) is 0. The second-order valence-corrected chi connectivity index (χ2v) is 6.63. The number of Topliss-reactive ketones (excluding diaryl/α,β-unsaturated/α-hetero) is 1. The van der Waals surface area contributed by atoms with Crippen LogP contribution in [-0.4, -0.2) is 21.5 Å². The quantitative estimate of drug-likeness (QED) is 0.652. The molecule has 2 aromatic carbocycles. The molecule has 1 aromatic heterocycles. The molecule has 0 aliphatic carbocycles. The minimum absolute atomic E-state index is 0.00912. The van der Waals surface area contributed by atoms with Crippen molar-refractivity contribution in [1.82, 2.24) is 15.1 Å². The van der Waals surface area contributed by atoms with Gasteiger partial charge in [0, 0.05) is 36.7 Å². The smallest absolute Gasteiger partial charge is 0.220 e. The zero-order valence-electron chi connectivity index (χ0n) is 15.6. The predicted molar refractivity (Wildman–Crippen MR) is 105 cm³/mol. The lowest BCUT2D eigenvalue weighted by Crippen LogP contribution is -2.23. The summed E-state index contributed by atoms with van der Waals surface area (Å²) < 4.78 is 1.77. The summed E-state index contributed by atoms with van der Waals surface area (Å²) in [5.74, 6) is -0.148. The average Bonchev–Trinajstić information content (AvgIpc) is 3.16. The predicted octanol–water partition coefficient (Wildman–Crippen LogP) is 3.77.